The van der Waals surface area contributed by atoms with Crippen molar-refractivity contribution in [2.75, 3.05) is 18.0 Å². The zero-order chi connectivity index (χ0) is 14.8. The molecule has 0 aromatic heterocycles. The Kier molecular flexibility index (Phi) is 3.93. The van der Waals surface area contributed by atoms with Gasteiger partial charge in [-0.15, -0.1) is 0 Å². The van der Waals surface area contributed by atoms with Crippen LogP contribution in [0, 0.1) is 5.82 Å². The van der Waals surface area contributed by atoms with Crippen molar-refractivity contribution in [3.63, 3.8) is 0 Å². The third-order valence-corrected chi connectivity index (χ3v) is 4.22. The van der Waals surface area contributed by atoms with Gasteiger partial charge in [-0.2, -0.15) is 0 Å². The summed E-state index contributed by atoms with van der Waals surface area (Å²) in [4.78, 5) is 2.10. The summed E-state index contributed by atoms with van der Waals surface area (Å²) in [6.07, 6.45) is 1.24. The van der Waals surface area contributed by atoms with E-state index in [1.54, 1.807) is 19.1 Å². The molecule has 2 aromatic rings. The molecular weight excluding hydrogens is 265 g/mol. The molecule has 0 fully saturated rings. The highest BCUT2D eigenvalue weighted by Crippen LogP contribution is 2.26. The molecule has 0 saturated heterocycles. The quantitative estimate of drug-likeness (QED) is 0.913. The van der Waals surface area contributed by atoms with E-state index in [0.717, 1.165) is 25.9 Å². The zero-order valence-corrected chi connectivity index (χ0v) is 12.2. The predicted octanol–water partition coefficient (Wildman–Crippen LogP) is 3.48. The minimum atomic E-state index is -0.637. The molecule has 21 heavy (non-hydrogen) atoms. The Labute approximate surface area is 124 Å². The van der Waals surface area contributed by atoms with Crippen LogP contribution in [0.5, 0.6) is 0 Å². The maximum Gasteiger partial charge on any atom is 0.146 e. The van der Waals surface area contributed by atoms with E-state index >= 15 is 0 Å². The van der Waals surface area contributed by atoms with Crippen molar-refractivity contribution in [2.24, 2.45) is 0 Å². The highest BCUT2D eigenvalue weighted by Gasteiger charge is 2.17. The van der Waals surface area contributed by atoms with Gasteiger partial charge in [0.05, 0.1) is 11.8 Å². The van der Waals surface area contributed by atoms with Gasteiger partial charge in [0.2, 0.25) is 0 Å². The monoisotopic (exact) mass is 285 g/mol. The lowest BCUT2D eigenvalue weighted by Crippen LogP contribution is -2.27. The summed E-state index contributed by atoms with van der Waals surface area (Å²) in [5.74, 6) is -0.251. The summed E-state index contributed by atoms with van der Waals surface area (Å²) in [5, 5.41) is 9.53. The van der Waals surface area contributed by atoms with Crippen molar-refractivity contribution in [1.82, 2.24) is 0 Å². The second kappa shape index (κ2) is 5.86. The molecule has 1 heterocycles. The Bertz CT molecular complexity index is 612. The topological polar surface area (TPSA) is 23.5 Å². The van der Waals surface area contributed by atoms with E-state index in [9.17, 15) is 9.50 Å². The Morgan fingerprint density at radius 3 is 2.19 bits per heavy atom. The number of rotatable bonds is 2. The molecule has 1 N–H and O–H groups in total. The molecule has 0 aliphatic carbocycles. The maximum absolute atomic E-state index is 14.3. The van der Waals surface area contributed by atoms with Crippen LogP contribution in [0.3, 0.4) is 0 Å². The van der Waals surface area contributed by atoms with Crippen LogP contribution in [-0.2, 0) is 12.8 Å². The van der Waals surface area contributed by atoms with E-state index in [-0.39, 0.29) is 5.82 Å². The largest absolute Gasteiger partial charge is 0.389 e. The SMILES string of the molecule is C[C@H](O)c1ccc(N2CCc3ccccc3CC2)c(F)c1. The van der Waals surface area contributed by atoms with Gasteiger partial charge in [-0.1, -0.05) is 30.3 Å². The van der Waals surface area contributed by atoms with Crippen LogP contribution in [-0.4, -0.2) is 18.2 Å². The highest BCUT2D eigenvalue weighted by atomic mass is 19.1. The molecule has 2 nitrogen and oxygen atoms in total. The van der Waals surface area contributed by atoms with Crippen LogP contribution in [0.1, 0.15) is 29.7 Å². The second-order valence-electron chi connectivity index (χ2n) is 5.64. The van der Waals surface area contributed by atoms with Crippen LogP contribution in [0.15, 0.2) is 42.5 Å². The first kappa shape index (κ1) is 14.1. The third kappa shape index (κ3) is 2.93. The summed E-state index contributed by atoms with van der Waals surface area (Å²) in [5.41, 5.74) is 3.98. The molecule has 0 saturated carbocycles. The molecule has 0 bridgehead atoms. The molecule has 1 aliphatic rings. The van der Waals surface area contributed by atoms with E-state index in [1.807, 2.05) is 0 Å². The van der Waals surface area contributed by atoms with Crippen molar-refractivity contribution < 1.29 is 9.50 Å². The van der Waals surface area contributed by atoms with Crippen molar-refractivity contribution in [1.29, 1.82) is 0 Å². The van der Waals surface area contributed by atoms with Crippen molar-refractivity contribution in [2.45, 2.75) is 25.9 Å². The van der Waals surface area contributed by atoms with Crippen molar-refractivity contribution in [3.05, 3.63) is 65.0 Å². The Balaban J connectivity index is 1.83. The number of anilines is 1. The molecule has 0 amide bonds. The fraction of sp³-hybridized carbons (Fsp3) is 0.333. The summed E-state index contributed by atoms with van der Waals surface area (Å²) in [7, 11) is 0. The minimum Gasteiger partial charge on any atom is -0.389 e. The van der Waals surface area contributed by atoms with Gasteiger partial charge in [0.1, 0.15) is 5.82 Å². The van der Waals surface area contributed by atoms with Gasteiger partial charge in [-0.3, -0.25) is 0 Å². The molecule has 3 rings (SSSR count). The van der Waals surface area contributed by atoms with Crippen LogP contribution >= 0.6 is 0 Å². The van der Waals surface area contributed by atoms with Crippen LogP contribution in [0.2, 0.25) is 0 Å². The zero-order valence-electron chi connectivity index (χ0n) is 12.2. The van der Waals surface area contributed by atoms with Crippen LogP contribution in [0.25, 0.3) is 0 Å². The lowest BCUT2D eigenvalue weighted by Gasteiger charge is -2.23. The van der Waals surface area contributed by atoms with Gasteiger partial charge >= 0.3 is 0 Å². The van der Waals surface area contributed by atoms with Gasteiger partial charge in [-0.25, -0.2) is 4.39 Å². The van der Waals surface area contributed by atoms with Gasteiger partial charge in [-0.05, 0) is 48.6 Å². The van der Waals surface area contributed by atoms with Crippen LogP contribution < -0.4 is 4.90 Å². The fourth-order valence-electron chi connectivity index (χ4n) is 2.95. The Hall–Kier alpha value is -1.87. The smallest absolute Gasteiger partial charge is 0.146 e. The number of benzene rings is 2. The molecular formula is C18H20FNO. The first-order chi connectivity index (χ1) is 10.1. The van der Waals surface area contributed by atoms with E-state index in [0.29, 0.717) is 11.3 Å². The van der Waals surface area contributed by atoms with Crippen molar-refractivity contribution in [3.8, 4) is 0 Å². The molecule has 0 unspecified atom stereocenters. The summed E-state index contributed by atoms with van der Waals surface area (Å²) >= 11 is 0. The first-order valence-corrected chi connectivity index (χ1v) is 7.44. The normalized spacial score (nSPS) is 16.2. The number of halogens is 1. The summed E-state index contributed by atoms with van der Waals surface area (Å²) in [6.45, 7) is 3.29. The number of aliphatic hydroxyl groups excluding tert-OH is 1. The van der Waals surface area contributed by atoms with Gasteiger partial charge in [0.15, 0.2) is 0 Å². The molecule has 1 atom stereocenters. The lowest BCUT2D eigenvalue weighted by atomic mass is 10.0. The van der Waals surface area contributed by atoms with E-state index in [1.165, 1.54) is 17.2 Å². The standard InChI is InChI=1S/C18H20FNO/c1-13(21)16-6-7-18(17(19)12-16)20-10-8-14-4-2-3-5-15(14)9-11-20/h2-7,12-13,21H,8-11H2,1H3/t13-/m0/s1. The van der Waals surface area contributed by atoms with Gasteiger partial charge in [0, 0.05) is 13.1 Å². The second-order valence-corrected chi connectivity index (χ2v) is 5.64. The first-order valence-electron chi connectivity index (χ1n) is 7.44. The molecule has 3 heteroatoms. The van der Waals surface area contributed by atoms with Crippen molar-refractivity contribution >= 4 is 5.69 Å². The Morgan fingerprint density at radius 1 is 1.05 bits per heavy atom. The summed E-state index contributed by atoms with van der Waals surface area (Å²) in [6, 6.07) is 13.5. The fourth-order valence-corrected chi connectivity index (χ4v) is 2.95. The highest BCUT2D eigenvalue weighted by molar-refractivity contribution is 5.50. The molecule has 0 radical (unpaired) electrons. The minimum absolute atomic E-state index is 0.251. The molecule has 110 valence electrons. The predicted molar refractivity (Wildman–Crippen MR) is 83.1 cm³/mol. The lowest BCUT2D eigenvalue weighted by molar-refractivity contribution is 0.199. The Morgan fingerprint density at radius 2 is 1.67 bits per heavy atom. The van der Waals surface area contributed by atoms with Gasteiger partial charge < -0.3 is 10.0 Å². The van der Waals surface area contributed by atoms with E-state index < -0.39 is 6.10 Å². The number of nitrogens with zero attached hydrogens (tertiary/aromatic N) is 1. The molecule has 2 aromatic carbocycles. The van der Waals surface area contributed by atoms with Gasteiger partial charge in [0.25, 0.3) is 0 Å². The average Bonchev–Trinajstić information content (AvgIpc) is 2.70. The number of fused-ring (bicyclic) bond motifs is 1. The van der Waals surface area contributed by atoms with E-state index in [4.69, 9.17) is 0 Å². The average molecular weight is 285 g/mol. The molecule has 0 spiro atoms. The molecule has 1 aliphatic heterocycles. The third-order valence-electron chi connectivity index (χ3n) is 4.22. The number of aliphatic hydroxyl groups is 1. The maximum atomic E-state index is 14.3. The number of hydrogen-bond donors (Lipinski definition) is 1. The summed E-state index contributed by atoms with van der Waals surface area (Å²) < 4.78 is 14.3. The number of hydrogen-bond acceptors (Lipinski definition) is 2. The van der Waals surface area contributed by atoms with E-state index in [2.05, 4.69) is 29.2 Å². The van der Waals surface area contributed by atoms with Crippen LogP contribution in [0.4, 0.5) is 10.1 Å².